The number of nitrogens with one attached hydrogen (secondary N) is 1. The Balaban J connectivity index is 1.98. The van der Waals surface area contributed by atoms with Crippen molar-refractivity contribution in [1.29, 1.82) is 0 Å². The van der Waals surface area contributed by atoms with Crippen LogP contribution in [-0.2, 0) is 6.42 Å². The molecule has 0 bridgehead atoms. The van der Waals surface area contributed by atoms with Gasteiger partial charge in [0, 0.05) is 23.6 Å². The van der Waals surface area contributed by atoms with Crippen molar-refractivity contribution in [2.75, 3.05) is 12.4 Å². The highest BCUT2D eigenvalue weighted by Crippen LogP contribution is 2.38. The summed E-state index contributed by atoms with van der Waals surface area (Å²) in [6, 6.07) is 5.86. The van der Waals surface area contributed by atoms with Gasteiger partial charge in [-0.1, -0.05) is 25.4 Å². The van der Waals surface area contributed by atoms with Crippen LogP contribution in [0.3, 0.4) is 0 Å². The molecule has 2 aromatic heterocycles. The summed E-state index contributed by atoms with van der Waals surface area (Å²) in [5.74, 6) is 1.65. The zero-order valence-electron chi connectivity index (χ0n) is 17.2. The van der Waals surface area contributed by atoms with Crippen molar-refractivity contribution in [3.8, 4) is 16.9 Å². The van der Waals surface area contributed by atoms with Crippen molar-refractivity contribution in [3.05, 3.63) is 40.2 Å². The minimum absolute atomic E-state index is 0.0840. The standard InChI is InChI=1S/C22H25ClN4O2/c1-5-13(6-2)24-21-16-9-10-18(28)20(16)25-22-19(12(3)26-27(21)22)15-8-7-14(29-4)11-17(15)23/h7-8,11,13,24H,5-6,9-10H2,1-4H3. The van der Waals surface area contributed by atoms with Crippen LogP contribution in [0.15, 0.2) is 18.2 Å². The van der Waals surface area contributed by atoms with Crippen molar-refractivity contribution < 1.29 is 9.53 Å². The van der Waals surface area contributed by atoms with Crippen molar-refractivity contribution >= 4 is 28.8 Å². The molecule has 0 fully saturated rings. The van der Waals surface area contributed by atoms with E-state index in [1.807, 2.05) is 23.6 Å². The molecule has 152 valence electrons. The Hall–Kier alpha value is -2.60. The second kappa shape index (κ2) is 7.67. The van der Waals surface area contributed by atoms with Crippen molar-refractivity contribution in [3.63, 3.8) is 0 Å². The number of carbonyl (C=O) groups excluding carboxylic acids is 1. The van der Waals surface area contributed by atoms with Crippen molar-refractivity contribution in [2.45, 2.75) is 52.5 Å². The van der Waals surface area contributed by atoms with Crippen molar-refractivity contribution in [1.82, 2.24) is 14.6 Å². The summed E-state index contributed by atoms with van der Waals surface area (Å²) in [6.45, 7) is 6.25. The number of rotatable bonds is 6. The van der Waals surface area contributed by atoms with Gasteiger partial charge in [-0.05, 0) is 44.4 Å². The van der Waals surface area contributed by atoms with Crippen LogP contribution in [0.1, 0.15) is 54.9 Å². The molecule has 0 amide bonds. The van der Waals surface area contributed by atoms with Crippen LogP contribution in [0.5, 0.6) is 5.75 Å². The molecule has 0 aliphatic heterocycles. The number of halogens is 1. The molecular weight excluding hydrogens is 388 g/mol. The third-order valence-electron chi connectivity index (χ3n) is 5.68. The van der Waals surface area contributed by atoms with Gasteiger partial charge in [-0.3, -0.25) is 4.79 Å². The van der Waals surface area contributed by atoms with Gasteiger partial charge >= 0.3 is 0 Å². The lowest BCUT2D eigenvalue weighted by Crippen LogP contribution is -2.21. The number of hydrogen-bond donors (Lipinski definition) is 1. The van der Waals surface area contributed by atoms with E-state index >= 15 is 0 Å². The summed E-state index contributed by atoms with van der Waals surface area (Å²) < 4.78 is 7.12. The van der Waals surface area contributed by atoms with Gasteiger partial charge in [0.25, 0.3) is 0 Å². The highest BCUT2D eigenvalue weighted by molar-refractivity contribution is 6.33. The Bertz CT molecular complexity index is 1100. The molecule has 0 saturated heterocycles. The second-order valence-electron chi connectivity index (χ2n) is 7.41. The molecule has 0 unspecified atom stereocenters. The van der Waals surface area contributed by atoms with E-state index in [1.165, 1.54) is 0 Å². The predicted molar refractivity (Wildman–Crippen MR) is 115 cm³/mol. The number of aromatic nitrogens is 3. The number of aryl methyl sites for hydroxylation is 1. The monoisotopic (exact) mass is 412 g/mol. The predicted octanol–water partition coefficient (Wildman–Crippen LogP) is 5.10. The number of anilines is 1. The molecule has 1 aliphatic carbocycles. The van der Waals surface area contributed by atoms with Crippen LogP contribution in [-0.4, -0.2) is 33.5 Å². The first-order valence-corrected chi connectivity index (χ1v) is 10.4. The van der Waals surface area contributed by atoms with Gasteiger partial charge in [-0.2, -0.15) is 9.61 Å². The first-order valence-electron chi connectivity index (χ1n) is 10.0. The Morgan fingerprint density at radius 3 is 2.69 bits per heavy atom. The van der Waals surface area contributed by atoms with Crippen LogP contribution in [0, 0.1) is 6.92 Å². The summed E-state index contributed by atoms with van der Waals surface area (Å²) in [5, 5.41) is 8.97. The lowest BCUT2D eigenvalue weighted by molar-refractivity contribution is 0.0990. The molecule has 4 rings (SSSR count). The average Bonchev–Trinajstić information content (AvgIpc) is 3.25. The summed E-state index contributed by atoms with van der Waals surface area (Å²) in [7, 11) is 1.61. The Morgan fingerprint density at radius 1 is 1.28 bits per heavy atom. The van der Waals surface area contributed by atoms with Gasteiger partial charge in [-0.15, -0.1) is 0 Å². The van der Waals surface area contributed by atoms with Gasteiger partial charge in [0.05, 0.1) is 23.4 Å². The highest BCUT2D eigenvalue weighted by atomic mass is 35.5. The molecule has 0 atom stereocenters. The number of benzene rings is 1. The van der Waals surface area contributed by atoms with E-state index < -0.39 is 0 Å². The second-order valence-corrected chi connectivity index (χ2v) is 7.82. The molecule has 1 aromatic carbocycles. The number of Topliss-reactive ketones (excluding diaryl/α,β-unsaturated/α-hetero) is 1. The lowest BCUT2D eigenvalue weighted by atomic mass is 10.1. The van der Waals surface area contributed by atoms with Crippen LogP contribution in [0.2, 0.25) is 5.02 Å². The molecular formula is C22H25ClN4O2. The van der Waals surface area contributed by atoms with Gasteiger partial charge in [-0.25, -0.2) is 4.98 Å². The zero-order chi connectivity index (χ0) is 20.7. The quantitative estimate of drug-likeness (QED) is 0.610. The number of carbonyl (C=O) groups is 1. The van der Waals surface area contributed by atoms with Crippen LogP contribution in [0.4, 0.5) is 5.82 Å². The Kier molecular flexibility index (Phi) is 5.21. The third-order valence-corrected chi connectivity index (χ3v) is 5.99. The maximum atomic E-state index is 12.5. The zero-order valence-corrected chi connectivity index (χ0v) is 17.9. The van der Waals surface area contributed by atoms with E-state index in [0.717, 1.165) is 41.0 Å². The van der Waals surface area contributed by atoms with E-state index in [4.69, 9.17) is 26.4 Å². The molecule has 3 aromatic rings. The van der Waals surface area contributed by atoms with Crippen molar-refractivity contribution in [2.24, 2.45) is 0 Å². The van der Waals surface area contributed by atoms with Gasteiger partial charge in [0.15, 0.2) is 11.4 Å². The van der Waals surface area contributed by atoms with Gasteiger partial charge in [0.2, 0.25) is 0 Å². The molecule has 0 saturated carbocycles. The average molecular weight is 413 g/mol. The minimum atomic E-state index is 0.0840. The third kappa shape index (κ3) is 3.25. The fourth-order valence-electron chi connectivity index (χ4n) is 3.99. The highest BCUT2D eigenvalue weighted by Gasteiger charge is 2.30. The van der Waals surface area contributed by atoms with E-state index in [2.05, 4.69) is 19.2 Å². The molecule has 2 heterocycles. The molecule has 29 heavy (non-hydrogen) atoms. The van der Waals surface area contributed by atoms with Crippen LogP contribution >= 0.6 is 11.6 Å². The molecule has 6 nitrogen and oxygen atoms in total. The maximum absolute atomic E-state index is 12.5. The topological polar surface area (TPSA) is 68.5 Å². The number of ether oxygens (including phenoxy) is 1. The summed E-state index contributed by atoms with van der Waals surface area (Å²) >= 11 is 6.56. The van der Waals surface area contributed by atoms with E-state index in [1.54, 1.807) is 13.2 Å². The lowest BCUT2D eigenvalue weighted by Gasteiger charge is -2.19. The number of nitrogens with zero attached hydrogens (tertiary/aromatic N) is 3. The SMILES string of the molecule is CCC(CC)Nc1c2c(nc3c(-c4ccc(OC)cc4Cl)c(C)nn13)C(=O)CC2. The van der Waals surface area contributed by atoms with Gasteiger partial charge in [0.1, 0.15) is 17.3 Å². The number of methoxy groups -OCH3 is 1. The number of fused-ring (bicyclic) bond motifs is 2. The van der Waals surface area contributed by atoms with Crippen LogP contribution in [0.25, 0.3) is 16.8 Å². The van der Waals surface area contributed by atoms with Gasteiger partial charge < -0.3 is 10.1 Å². The first kappa shape index (κ1) is 19.7. The summed E-state index contributed by atoms with van der Waals surface area (Å²) in [6.07, 6.45) is 3.16. The molecule has 1 aliphatic rings. The molecule has 1 N–H and O–H groups in total. The summed E-state index contributed by atoms with van der Waals surface area (Å²) in [4.78, 5) is 17.3. The number of hydrogen-bond acceptors (Lipinski definition) is 5. The number of ketones is 1. The molecule has 0 radical (unpaired) electrons. The van der Waals surface area contributed by atoms with E-state index in [-0.39, 0.29) is 5.78 Å². The Morgan fingerprint density at radius 2 is 2.03 bits per heavy atom. The first-order chi connectivity index (χ1) is 14.0. The smallest absolute Gasteiger partial charge is 0.182 e. The normalized spacial score (nSPS) is 13.4. The molecule has 7 heteroatoms. The fraction of sp³-hybridized carbons (Fsp3) is 0.409. The maximum Gasteiger partial charge on any atom is 0.182 e. The fourth-order valence-corrected chi connectivity index (χ4v) is 4.25. The van der Waals surface area contributed by atoms with E-state index in [9.17, 15) is 4.79 Å². The minimum Gasteiger partial charge on any atom is -0.497 e. The largest absolute Gasteiger partial charge is 0.497 e. The van der Waals surface area contributed by atoms with E-state index in [0.29, 0.717) is 41.0 Å². The summed E-state index contributed by atoms with van der Waals surface area (Å²) in [5.41, 5.74) is 4.64. The van der Waals surface area contributed by atoms with Crippen LogP contribution < -0.4 is 10.1 Å². The Labute approximate surface area is 175 Å². The molecule has 0 spiro atoms.